The Balaban J connectivity index is 1.48. The van der Waals surface area contributed by atoms with Gasteiger partial charge in [-0.15, -0.1) is 0 Å². The molecule has 0 amide bonds. The van der Waals surface area contributed by atoms with Gasteiger partial charge in [-0.2, -0.15) is 0 Å². The Morgan fingerprint density at radius 2 is 0.744 bits per heavy atom. The molecule has 0 atom stereocenters. The van der Waals surface area contributed by atoms with Crippen molar-refractivity contribution in [2.24, 2.45) is 0 Å². The Morgan fingerprint density at radius 3 is 1.44 bits per heavy atom. The summed E-state index contributed by atoms with van der Waals surface area (Å²) < 4.78 is 0. The van der Waals surface area contributed by atoms with E-state index in [4.69, 9.17) is 0 Å². The second-order valence-corrected chi connectivity index (χ2v) is 11.3. The van der Waals surface area contributed by atoms with Crippen LogP contribution in [0.15, 0.2) is 133 Å². The molecule has 8 rings (SSSR count). The summed E-state index contributed by atoms with van der Waals surface area (Å²) in [7, 11) is 0. The standard InChI is InChI=1S/C39H28/c1-39(2)35-23-10-9-19-34(35)38-33(22-12-24-36(38)39)29-17-6-5-16-28(29)32-21-11-20-31-27-14-4-3-13-25(27)26-15-7-8-18-30(26)37(31)32/h3-24H,1-2H3. The van der Waals surface area contributed by atoms with E-state index in [2.05, 4.69) is 147 Å². The first kappa shape index (κ1) is 22.3. The average molecular weight is 497 g/mol. The smallest absolute Gasteiger partial charge is 0.0159 e. The van der Waals surface area contributed by atoms with Gasteiger partial charge in [-0.1, -0.05) is 147 Å². The molecule has 0 aromatic heterocycles. The van der Waals surface area contributed by atoms with E-state index < -0.39 is 0 Å². The third-order valence-electron chi connectivity index (χ3n) is 8.88. The van der Waals surface area contributed by atoms with Gasteiger partial charge >= 0.3 is 0 Å². The van der Waals surface area contributed by atoms with Crippen molar-refractivity contribution in [3.63, 3.8) is 0 Å². The van der Waals surface area contributed by atoms with Crippen LogP contribution in [-0.2, 0) is 5.41 Å². The highest BCUT2D eigenvalue weighted by Gasteiger charge is 2.36. The molecule has 0 nitrogen and oxygen atoms in total. The summed E-state index contributed by atoms with van der Waals surface area (Å²) >= 11 is 0. The molecule has 0 fully saturated rings. The maximum Gasteiger partial charge on any atom is 0.0159 e. The van der Waals surface area contributed by atoms with Crippen LogP contribution in [0.5, 0.6) is 0 Å². The predicted octanol–water partition coefficient (Wildman–Crippen LogP) is 10.8. The molecule has 1 aliphatic rings. The molecule has 0 bridgehead atoms. The molecule has 0 unspecified atom stereocenters. The zero-order valence-electron chi connectivity index (χ0n) is 22.2. The quantitative estimate of drug-likeness (QED) is 0.209. The van der Waals surface area contributed by atoms with Gasteiger partial charge in [0.1, 0.15) is 0 Å². The third kappa shape index (κ3) is 3.06. The highest BCUT2D eigenvalue weighted by molar-refractivity contribution is 6.28. The van der Waals surface area contributed by atoms with Crippen molar-refractivity contribution in [2.45, 2.75) is 19.3 Å². The van der Waals surface area contributed by atoms with E-state index >= 15 is 0 Å². The lowest BCUT2D eigenvalue weighted by Gasteiger charge is -2.22. The molecule has 0 spiro atoms. The van der Waals surface area contributed by atoms with Gasteiger partial charge in [0.25, 0.3) is 0 Å². The lowest BCUT2D eigenvalue weighted by Crippen LogP contribution is -2.14. The summed E-state index contributed by atoms with van der Waals surface area (Å²) in [4.78, 5) is 0. The molecule has 0 heteroatoms. The van der Waals surface area contributed by atoms with Gasteiger partial charge in [0.2, 0.25) is 0 Å². The molecule has 39 heavy (non-hydrogen) atoms. The zero-order chi connectivity index (χ0) is 26.1. The number of rotatable bonds is 2. The first-order chi connectivity index (χ1) is 19.1. The van der Waals surface area contributed by atoms with Crippen LogP contribution < -0.4 is 0 Å². The molecular formula is C39H28. The minimum absolute atomic E-state index is 0.0224. The summed E-state index contributed by atoms with van der Waals surface area (Å²) in [5.74, 6) is 0. The first-order valence-electron chi connectivity index (χ1n) is 13.8. The van der Waals surface area contributed by atoms with Crippen LogP contribution in [0, 0.1) is 0 Å². The van der Waals surface area contributed by atoms with E-state index in [1.165, 1.54) is 76.8 Å². The fraction of sp³-hybridized carbons (Fsp3) is 0.0769. The number of fused-ring (bicyclic) bond motifs is 9. The third-order valence-corrected chi connectivity index (χ3v) is 8.88. The average Bonchev–Trinajstić information content (AvgIpc) is 3.24. The molecular weight excluding hydrogens is 468 g/mol. The van der Waals surface area contributed by atoms with Crippen LogP contribution in [0.25, 0.3) is 65.7 Å². The molecule has 0 radical (unpaired) electrons. The molecule has 0 N–H and O–H groups in total. The number of benzene rings is 7. The van der Waals surface area contributed by atoms with E-state index in [-0.39, 0.29) is 5.41 Å². The largest absolute Gasteiger partial charge is 0.0619 e. The summed E-state index contributed by atoms with van der Waals surface area (Å²) in [6.45, 7) is 4.71. The van der Waals surface area contributed by atoms with Crippen LogP contribution in [0.2, 0.25) is 0 Å². The lowest BCUT2D eigenvalue weighted by molar-refractivity contribution is 0.660. The molecule has 7 aromatic rings. The summed E-state index contributed by atoms with van der Waals surface area (Å²) in [6, 6.07) is 49.3. The molecule has 0 saturated heterocycles. The van der Waals surface area contributed by atoms with E-state index in [1.54, 1.807) is 0 Å². The number of hydrogen-bond acceptors (Lipinski definition) is 0. The highest BCUT2D eigenvalue weighted by Crippen LogP contribution is 2.53. The molecule has 1 aliphatic carbocycles. The summed E-state index contributed by atoms with van der Waals surface area (Å²) in [5.41, 5.74) is 10.7. The maximum atomic E-state index is 2.36. The fourth-order valence-electron chi connectivity index (χ4n) is 7.11. The Kier molecular flexibility index (Phi) is 4.67. The van der Waals surface area contributed by atoms with Crippen molar-refractivity contribution in [1.82, 2.24) is 0 Å². The normalized spacial score (nSPS) is 13.6. The Bertz CT molecular complexity index is 2050. The molecule has 7 aromatic carbocycles. The zero-order valence-corrected chi connectivity index (χ0v) is 22.2. The molecule has 0 heterocycles. The van der Waals surface area contributed by atoms with Crippen molar-refractivity contribution in [3.8, 4) is 33.4 Å². The van der Waals surface area contributed by atoms with Crippen molar-refractivity contribution in [3.05, 3.63) is 145 Å². The Hall–Kier alpha value is -4.68. The second-order valence-electron chi connectivity index (χ2n) is 11.3. The maximum absolute atomic E-state index is 2.36. The van der Waals surface area contributed by atoms with Crippen LogP contribution in [-0.4, -0.2) is 0 Å². The van der Waals surface area contributed by atoms with Crippen LogP contribution in [0.3, 0.4) is 0 Å². The van der Waals surface area contributed by atoms with Gasteiger partial charge in [-0.05, 0) is 76.8 Å². The highest BCUT2D eigenvalue weighted by atomic mass is 14.4. The van der Waals surface area contributed by atoms with E-state index in [0.717, 1.165) is 0 Å². The monoisotopic (exact) mass is 496 g/mol. The fourth-order valence-corrected chi connectivity index (χ4v) is 7.11. The van der Waals surface area contributed by atoms with E-state index in [0.29, 0.717) is 0 Å². The topological polar surface area (TPSA) is 0 Å². The summed E-state index contributed by atoms with van der Waals surface area (Å²) in [5, 5.41) is 7.87. The van der Waals surface area contributed by atoms with E-state index in [1.807, 2.05) is 0 Å². The van der Waals surface area contributed by atoms with Crippen LogP contribution in [0.4, 0.5) is 0 Å². The van der Waals surface area contributed by atoms with Crippen molar-refractivity contribution in [2.75, 3.05) is 0 Å². The van der Waals surface area contributed by atoms with Gasteiger partial charge in [0.05, 0.1) is 0 Å². The van der Waals surface area contributed by atoms with Gasteiger partial charge in [-0.25, -0.2) is 0 Å². The molecule has 184 valence electrons. The van der Waals surface area contributed by atoms with Crippen molar-refractivity contribution >= 4 is 32.3 Å². The number of hydrogen-bond donors (Lipinski definition) is 0. The Morgan fingerprint density at radius 1 is 0.333 bits per heavy atom. The minimum atomic E-state index is -0.0224. The summed E-state index contributed by atoms with van der Waals surface area (Å²) in [6.07, 6.45) is 0. The Labute approximate surface area is 229 Å². The van der Waals surface area contributed by atoms with Gasteiger partial charge in [0, 0.05) is 5.41 Å². The van der Waals surface area contributed by atoms with E-state index in [9.17, 15) is 0 Å². The molecule has 0 aliphatic heterocycles. The SMILES string of the molecule is CC1(C)c2ccccc2-c2c(-c3ccccc3-c3cccc4c5ccccc5c5ccccc5c34)cccc21. The first-order valence-corrected chi connectivity index (χ1v) is 13.8. The predicted molar refractivity (Wildman–Crippen MR) is 167 cm³/mol. The minimum Gasteiger partial charge on any atom is -0.0619 e. The van der Waals surface area contributed by atoms with Crippen molar-refractivity contribution < 1.29 is 0 Å². The lowest BCUT2D eigenvalue weighted by atomic mass is 9.81. The van der Waals surface area contributed by atoms with Crippen molar-refractivity contribution in [1.29, 1.82) is 0 Å². The van der Waals surface area contributed by atoms with Crippen LogP contribution >= 0.6 is 0 Å². The van der Waals surface area contributed by atoms with Gasteiger partial charge in [-0.3, -0.25) is 0 Å². The van der Waals surface area contributed by atoms with Gasteiger partial charge < -0.3 is 0 Å². The van der Waals surface area contributed by atoms with Gasteiger partial charge in [0.15, 0.2) is 0 Å². The second kappa shape index (κ2) is 8.16. The molecule has 0 saturated carbocycles. The van der Waals surface area contributed by atoms with Crippen LogP contribution in [0.1, 0.15) is 25.0 Å².